The van der Waals surface area contributed by atoms with Gasteiger partial charge < -0.3 is 4.79 Å². The molecule has 0 aliphatic carbocycles. The maximum atomic E-state index is 10.1. The third kappa shape index (κ3) is 6.29. The highest BCUT2D eigenvalue weighted by molar-refractivity contribution is 9.11. The molecule has 0 aromatic rings. The summed E-state index contributed by atoms with van der Waals surface area (Å²) in [6, 6.07) is 0. The Morgan fingerprint density at radius 1 is 1.64 bits per heavy atom. The molecule has 0 radical (unpaired) electrons. The Morgan fingerprint density at radius 3 is 2.55 bits per heavy atom. The molecule has 0 amide bonds. The van der Waals surface area contributed by atoms with E-state index in [0.29, 0.717) is 6.42 Å². The molecule has 0 unspecified atom stereocenters. The van der Waals surface area contributed by atoms with E-state index in [4.69, 9.17) is 0 Å². The van der Waals surface area contributed by atoms with E-state index in [-0.39, 0.29) is 5.41 Å². The van der Waals surface area contributed by atoms with E-state index in [1.807, 2.05) is 0 Å². The van der Waals surface area contributed by atoms with Gasteiger partial charge in [0.05, 0.1) is 0 Å². The Balaban J connectivity index is 3.78. The molecule has 1 nitrogen and oxygen atoms in total. The highest BCUT2D eigenvalue weighted by Gasteiger charge is 2.17. The molecule has 0 aromatic carbocycles. The van der Waals surface area contributed by atoms with Gasteiger partial charge in [-0.05, 0) is 22.7 Å². The maximum Gasteiger partial charge on any atom is 0.120 e. The molecule has 0 spiro atoms. The number of rotatable bonds is 5. The van der Waals surface area contributed by atoms with Crippen LogP contribution < -0.4 is 0 Å². The van der Waals surface area contributed by atoms with E-state index in [0.717, 1.165) is 23.6 Å². The minimum Gasteiger partial charge on any atom is -0.303 e. The summed E-state index contributed by atoms with van der Waals surface area (Å²) in [5.74, 6) is 0. The second-order valence-electron chi connectivity index (χ2n) is 3.56. The van der Waals surface area contributed by atoms with Gasteiger partial charge in [-0.1, -0.05) is 36.4 Å². The average Bonchev–Trinajstić information content (AvgIpc) is 1.81. The average molecular weight is 219 g/mol. The Labute approximate surface area is 77.0 Å². The fourth-order valence-electron chi connectivity index (χ4n) is 1.06. The number of carbonyl (C=O) groups excluding carboxylic acids is 1. The van der Waals surface area contributed by atoms with Gasteiger partial charge in [-0.15, -0.1) is 0 Å². The first-order chi connectivity index (χ1) is 4.98. The highest BCUT2D eigenvalue weighted by Crippen LogP contribution is 2.31. The van der Waals surface area contributed by atoms with Crippen LogP contribution in [0.5, 0.6) is 0 Å². The maximum absolute atomic E-state index is 10.1. The monoisotopic (exact) mass is 218 g/mol. The predicted octanol–water partition coefficient (Wildman–Crippen LogP) is 3.29. The number of halogens is 1. The van der Waals surface area contributed by atoms with Gasteiger partial charge in [0, 0.05) is 6.42 Å². The van der Waals surface area contributed by atoms with Crippen LogP contribution in [0.4, 0.5) is 0 Å². The minimum absolute atomic E-state index is 0.196. The summed E-state index contributed by atoms with van der Waals surface area (Å²) < 4.78 is 1.01. The predicted molar refractivity (Wildman–Crippen MR) is 51.8 cm³/mol. The Kier molecular flexibility index (Phi) is 4.66. The lowest BCUT2D eigenvalue weighted by molar-refractivity contribution is -0.108. The van der Waals surface area contributed by atoms with E-state index >= 15 is 0 Å². The fraction of sp³-hybridized carbons (Fsp3) is 0.667. The zero-order valence-electron chi connectivity index (χ0n) is 7.19. The van der Waals surface area contributed by atoms with Crippen molar-refractivity contribution in [3.05, 3.63) is 11.1 Å². The summed E-state index contributed by atoms with van der Waals surface area (Å²) in [6.45, 7) is 8.06. The van der Waals surface area contributed by atoms with E-state index in [2.05, 4.69) is 36.4 Å². The number of carbonyl (C=O) groups is 1. The second kappa shape index (κ2) is 4.70. The molecule has 0 saturated carbocycles. The first-order valence-electron chi connectivity index (χ1n) is 3.75. The van der Waals surface area contributed by atoms with Crippen LogP contribution >= 0.6 is 15.9 Å². The Morgan fingerprint density at radius 2 is 2.18 bits per heavy atom. The lowest BCUT2D eigenvalue weighted by Crippen LogP contribution is -2.10. The van der Waals surface area contributed by atoms with Gasteiger partial charge in [0.2, 0.25) is 0 Å². The lowest BCUT2D eigenvalue weighted by atomic mass is 9.85. The first kappa shape index (κ1) is 10.9. The second-order valence-corrected chi connectivity index (χ2v) is 4.69. The Bertz CT molecular complexity index is 150. The molecular weight excluding hydrogens is 204 g/mol. The van der Waals surface area contributed by atoms with Crippen molar-refractivity contribution in [1.82, 2.24) is 0 Å². The molecule has 0 aliphatic heterocycles. The molecule has 2 heteroatoms. The van der Waals surface area contributed by atoms with Crippen molar-refractivity contribution in [3.8, 4) is 0 Å². The molecule has 0 bridgehead atoms. The van der Waals surface area contributed by atoms with Crippen LogP contribution in [0.2, 0.25) is 0 Å². The summed E-state index contributed by atoms with van der Waals surface area (Å²) in [4.78, 5) is 10.1. The molecular formula is C9H15BrO. The molecule has 0 N–H and O–H groups in total. The largest absolute Gasteiger partial charge is 0.303 e. The van der Waals surface area contributed by atoms with Crippen LogP contribution in [-0.2, 0) is 4.79 Å². The smallest absolute Gasteiger partial charge is 0.120 e. The zero-order valence-corrected chi connectivity index (χ0v) is 8.78. The standard InChI is InChI=1S/C9H15BrO/c1-8(10)7-9(2,3)5-4-6-11/h6H,1,4-5,7H2,2-3H3. The molecule has 0 heterocycles. The molecule has 0 aliphatic rings. The van der Waals surface area contributed by atoms with Gasteiger partial charge in [0.25, 0.3) is 0 Å². The molecule has 0 fully saturated rings. The fourth-order valence-corrected chi connectivity index (χ4v) is 1.82. The molecule has 11 heavy (non-hydrogen) atoms. The van der Waals surface area contributed by atoms with Crippen molar-refractivity contribution >= 4 is 22.2 Å². The normalized spacial score (nSPS) is 11.2. The summed E-state index contributed by atoms with van der Waals surface area (Å²) >= 11 is 3.32. The van der Waals surface area contributed by atoms with Crippen LogP contribution in [0.15, 0.2) is 11.1 Å². The van der Waals surface area contributed by atoms with Gasteiger partial charge in [0.15, 0.2) is 0 Å². The van der Waals surface area contributed by atoms with Crippen LogP contribution in [0.3, 0.4) is 0 Å². The lowest BCUT2D eigenvalue weighted by Gasteiger charge is -2.22. The summed E-state index contributed by atoms with van der Waals surface area (Å²) in [5.41, 5.74) is 0.196. The molecule has 64 valence electrons. The van der Waals surface area contributed by atoms with Gasteiger partial charge in [-0.2, -0.15) is 0 Å². The van der Waals surface area contributed by atoms with Gasteiger partial charge >= 0.3 is 0 Å². The van der Waals surface area contributed by atoms with Crippen molar-refractivity contribution in [2.75, 3.05) is 0 Å². The Hall–Kier alpha value is -0.110. The molecule has 0 saturated heterocycles. The summed E-state index contributed by atoms with van der Waals surface area (Å²) in [7, 11) is 0. The zero-order chi connectivity index (χ0) is 8.91. The quantitative estimate of drug-likeness (QED) is 0.648. The van der Waals surface area contributed by atoms with Crippen molar-refractivity contribution < 1.29 is 4.79 Å². The minimum atomic E-state index is 0.196. The van der Waals surface area contributed by atoms with Gasteiger partial charge in [0.1, 0.15) is 6.29 Å². The van der Waals surface area contributed by atoms with Crippen molar-refractivity contribution in [3.63, 3.8) is 0 Å². The van der Waals surface area contributed by atoms with Crippen molar-refractivity contribution in [1.29, 1.82) is 0 Å². The molecule has 0 aromatic heterocycles. The first-order valence-corrected chi connectivity index (χ1v) is 4.54. The number of aldehydes is 1. The van der Waals surface area contributed by atoms with E-state index in [1.165, 1.54) is 0 Å². The number of hydrogen-bond acceptors (Lipinski definition) is 1. The topological polar surface area (TPSA) is 17.1 Å². The van der Waals surface area contributed by atoms with E-state index in [1.54, 1.807) is 0 Å². The van der Waals surface area contributed by atoms with Crippen LogP contribution in [0.25, 0.3) is 0 Å². The highest BCUT2D eigenvalue weighted by atomic mass is 79.9. The van der Waals surface area contributed by atoms with Crippen LogP contribution in [-0.4, -0.2) is 6.29 Å². The molecule has 0 atom stereocenters. The number of allylic oxidation sites excluding steroid dienone is 1. The van der Waals surface area contributed by atoms with Crippen molar-refractivity contribution in [2.45, 2.75) is 33.1 Å². The summed E-state index contributed by atoms with van der Waals surface area (Å²) in [6.07, 6.45) is 3.48. The third-order valence-corrected chi connectivity index (χ3v) is 1.89. The van der Waals surface area contributed by atoms with Crippen LogP contribution in [0.1, 0.15) is 33.1 Å². The van der Waals surface area contributed by atoms with Crippen molar-refractivity contribution in [2.24, 2.45) is 5.41 Å². The van der Waals surface area contributed by atoms with Crippen LogP contribution in [0, 0.1) is 5.41 Å². The SMILES string of the molecule is C=C(Br)CC(C)(C)CCC=O. The number of hydrogen-bond donors (Lipinski definition) is 0. The van der Waals surface area contributed by atoms with E-state index in [9.17, 15) is 4.79 Å². The van der Waals surface area contributed by atoms with Gasteiger partial charge in [-0.25, -0.2) is 0 Å². The molecule has 0 rings (SSSR count). The van der Waals surface area contributed by atoms with Gasteiger partial charge in [-0.3, -0.25) is 0 Å². The summed E-state index contributed by atoms with van der Waals surface area (Å²) in [5, 5.41) is 0. The van der Waals surface area contributed by atoms with E-state index < -0.39 is 0 Å². The third-order valence-electron chi connectivity index (χ3n) is 1.61.